The van der Waals surface area contributed by atoms with Crippen LogP contribution in [-0.4, -0.2) is 51.0 Å². The summed E-state index contributed by atoms with van der Waals surface area (Å²) in [7, 11) is 0. The van der Waals surface area contributed by atoms with Gasteiger partial charge in [-0.15, -0.1) is 0 Å². The molecule has 1 atom stereocenters. The second-order valence-electron chi connectivity index (χ2n) is 4.83. The Hall–Kier alpha value is -1.82. The number of carboxylic acid groups (broad SMARTS) is 1. The molecule has 1 amide bonds. The summed E-state index contributed by atoms with van der Waals surface area (Å²) in [4.78, 5) is 28.9. The molecule has 1 saturated heterocycles. The van der Waals surface area contributed by atoms with Gasteiger partial charge in [-0.3, -0.25) is 9.78 Å². The Bertz CT molecular complexity index is 560. The van der Waals surface area contributed by atoms with Crippen LogP contribution in [0.4, 0.5) is 0 Å². The molecule has 1 aromatic heterocycles. The van der Waals surface area contributed by atoms with Gasteiger partial charge in [0.05, 0.1) is 5.56 Å². The molecule has 1 unspecified atom stereocenters. The Kier molecular flexibility index (Phi) is 5.38. The maximum absolute atomic E-state index is 12.5. The van der Waals surface area contributed by atoms with Crippen LogP contribution in [0.15, 0.2) is 24.5 Å². The summed E-state index contributed by atoms with van der Waals surface area (Å²) in [5.74, 6) is -0.103. The number of thioether (sulfide) groups is 1. The van der Waals surface area contributed by atoms with Crippen LogP contribution in [0.25, 0.3) is 6.08 Å². The predicted octanol–water partition coefficient (Wildman–Crippen LogP) is 2.15. The average molecular weight is 306 g/mol. The van der Waals surface area contributed by atoms with Gasteiger partial charge in [-0.1, -0.05) is 6.92 Å². The average Bonchev–Trinajstić information content (AvgIpc) is 2.52. The molecule has 0 radical (unpaired) electrons. The van der Waals surface area contributed by atoms with Crippen molar-refractivity contribution >= 4 is 29.7 Å². The van der Waals surface area contributed by atoms with E-state index >= 15 is 0 Å². The van der Waals surface area contributed by atoms with Gasteiger partial charge in [-0.05, 0) is 24.1 Å². The maximum atomic E-state index is 12.5. The fraction of sp³-hybridized carbons (Fsp3) is 0.400. The first-order valence-electron chi connectivity index (χ1n) is 6.87. The molecule has 2 heterocycles. The molecule has 0 aromatic carbocycles. The SMILES string of the molecule is CCC1CN(C(=O)c2cncc(/C=C/C(=O)O)c2)CCS1. The van der Waals surface area contributed by atoms with E-state index < -0.39 is 5.97 Å². The zero-order valence-corrected chi connectivity index (χ0v) is 12.7. The number of amides is 1. The van der Waals surface area contributed by atoms with E-state index in [2.05, 4.69) is 11.9 Å². The topological polar surface area (TPSA) is 70.5 Å². The van der Waals surface area contributed by atoms with Crippen molar-refractivity contribution in [2.45, 2.75) is 18.6 Å². The van der Waals surface area contributed by atoms with Gasteiger partial charge in [0.1, 0.15) is 0 Å². The lowest BCUT2D eigenvalue weighted by Crippen LogP contribution is -2.41. The molecular formula is C15H18N2O3S. The second kappa shape index (κ2) is 7.26. The third kappa shape index (κ3) is 4.32. The van der Waals surface area contributed by atoms with Gasteiger partial charge in [-0.25, -0.2) is 4.79 Å². The Labute approximate surface area is 128 Å². The van der Waals surface area contributed by atoms with E-state index in [0.29, 0.717) is 16.4 Å². The monoisotopic (exact) mass is 306 g/mol. The number of carbonyl (C=O) groups is 2. The molecule has 1 aliphatic heterocycles. The molecule has 2 rings (SSSR count). The van der Waals surface area contributed by atoms with Crippen molar-refractivity contribution in [1.29, 1.82) is 0 Å². The summed E-state index contributed by atoms with van der Waals surface area (Å²) in [5, 5.41) is 9.12. The van der Waals surface area contributed by atoms with Gasteiger partial charge in [0.25, 0.3) is 5.91 Å². The third-order valence-corrected chi connectivity index (χ3v) is 4.68. The normalized spacial score (nSPS) is 18.9. The first kappa shape index (κ1) is 15.6. The van der Waals surface area contributed by atoms with Crippen LogP contribution in [-0.2, 0) is 4.79 Å². The maximum Gasteiger partial charge on any atom is 0.328 e. The van der Waals surface area contributed by atoms with Crippen molar-refractivity contribution in [1.82, 2.24) is 9.88 Å². The Morgan fingerprint density at radius 2 is 2.33 bits per heavy atom. The van der Waals surface area contributed by atoms with Crippen LogP contribution in [0.3, 0.4) is 0 Å². The summed E-state index contributed by atoms with van der Waals surface area (Å²) < 4.78 is 0. The van der Waals surface area contributed by atoms with Crippen LogP contribution < -0.4 is 0 Å². The largest absolute Gasteiger partial charge is 0.478 e. The minimum absolute atomic E-state index is 0.0353. The summed E-state index contributed by atoms with van der Waals surface area (Å²) >= 11 is 1.91. The van der Waals surface area contributed by atoms with Crippen molar-refractivity contribution in [2.24, 2.45) is 0 Å². The number of nitrogens with zero attached hydrogens (tertiary/aromatic N) is 2. The number of aromatic nitrogens is 1. The minimum atomic E-state index is -1.02. The minimum Gasteiger partial charge on any atom is -0.478 e. The first-order valence-corrected chi connectivity index (χ1v) is 7.92. The highest BCUT2D eigenvalue weighted by molar-refractivity contribution is 8.00. The van der Waals surface area contributed by atoms with Crippen molar-refractivity contribution in [3.05, 3.63) is 35.7 Å². The number of hydrogen-bond donors (Lipinski definition) is 1. The zero-order chi connectivity index (χ0) is 15.2. The van der Waals surface area contributed by atoms with E-state index in [1.807, 2.05) is 16.7 Å². The highest BCUT2D eigenvalue weighted by Gasteiger charge is 2.24. The number of hydrogen-bond acceptors (Lipinski definition) is 4. The highest BCUT2D eigenvalue weighted by Crippen LogP contribution is 2.22. The Morgan fingerprint density at radius 3 is 3.05 bits per heavy atom. The van der Waals surface area contributed by atoms with E-state index in [1.165, 1.54) is 18.5 Å². The number of rotatable bonds is 4. The van der Waals surface area contributed by atoms with Gasteiger partial charge in [0, 0.05) is 42.6 Å². The molecule has 0 bridgehead atoms. The van der Waals surface area contributed by atoms with E-state index in [0.717, 1.165) is 31.3 Å². The first-order chi connectivity index (χ1) is 10.1. The van der Waals surface area contributed by atoms with Crippen molar-refractivity contribution in [2.75, 3.05) is 18.8 Å². The van der Waals surface area contributed by atoms with Gasteiger partial charge in [0.15, 0.2) is 0 Å². The van der Waals surface area contributed by atoms with Crippen LogP contribution in [0.5, 0.6) is 0 Å². The quantitative estimate of drug-likeness (QED) is 0.863. The molecule has 1 fully saturated rings. The molecule has 5 nitrogen and oxygen atoms in total. The van der Waals surface area contributed by atoms with E-state index in [-0.39, 0.29) is 5.91 Å². The molecule has 6 heteroatoms. The van der Waals surface area contributed by atoms with Gasteiger partial charge in [0.2, 0.25) is 0 Å². The summed E-state index contributed by atoms with van der Waals surface area (Å²) in [5.41, 5.74) is 1.12. The number of carboxylic acids is 1. The lowest BCUT2D eigenvalue weighted by molar-refractivity contribution is -0.131. The third-order valence-electron chi connectivity index (χ3n) is 3.31. The predicted molar refractivity (Wildman–Crippen MR) is 83.3 cm³/mol. The smallest absolute Gasteiger partial charge is 0.328 e. The molecule has 0 saturated carbocycles. The fourth-order valence-electron chi connectivity index (χ4n) is 2.17. The standard InChI is InChI=1S/C15H18N2O3S/c1-2-13-10-17(5-6-21-13)15(20)12-7-11(8-16-9-12)3-4-14(18)19/h3-4,7-9,13H,2,5-6,10H2,1H3,(H,18,19)/b4-3+. The van der Waals surface area contributed by atoms with Crippen LogP contribution in [0, 0.1) is 0 Å². The molecule has 1 aliphatic rings. The van der Waals surface area contributed by atoms with Crippen LogP contribution in [0.1, 0.15) is 29.3 Å². The lowest BCUT2D eigenvalue weighted by atomic mass is 10.1. The van der Waals surface area contributed by atoms with Crippen LogP contribution >= 0.6 is 11.8 Å². The van der Waals surface area contributed by atoms with Crippen molar-refractivity contribution in [3.8, 4) is 0 Å². The Balaban J connectivity index is 2.12. The van der Waals surface area contributed by atoms with E-state index in [4.69, 9.17) is 5.11 Å². The molecule has 0 spiro atoms. The van der Waals surface area contributed by atoms with Crippen molar-refractivity contribution in [3.63, 3.8) is 0 Å². The van der Waals surface area contributed by atoms with Crippen molar-refractivity contribution < 1.29 is 14.7 Å². The molecule has 21 heavy (non-hydrogen) atoms. The van der Waals surface area contributed by atoms with E-state index in [1.54, 1.807) is 6.07 Å². The van der Waals surface area contributed by atoms with Gasteiger partial charge >= 0.3 is 5.97 Å². The van der Waals surface area contributed by atoms with Crippen LogP contribution in [0.2, 0.25) is 0 Å². The summed E-state index contributed by atoms with van der Waals surface area (Å²) in [6.07, 6.45) is 6.59. The van der Waals surface area contributed by atoms with Gasteiger partial charge in [-0.2, -0.15) is 11.8 Å². The fourth-order valence-corrected chi connectivity index (χ4v) is 3.35. The molecular weight excluding hydrogens is 288 g/mol. The molecule has 1 N–H and O–H groups in total. The molecule has 1 aromatic rings. The molecule has 112 valence electrons. The van der Waals surface area contributed by atoms with Gasteiger partial charge < -0.3 is 10.0 Å². The molecule has 0 aliphatic carbocycles. The summed E-state index contributed by atoms with van der Waals surface area (Å²) in [6, 6.07) is 1.68. The highest BCUT2D eigenvalue weighted by atomic mass is 32.2. The summed E-state index contributed by atoms with van der Waals surface area (Å²) in [6.45, 7) is 3.63. The zero-order valence-electron chi connectivity index (χ0n) is 11.9. The lowest BCUT2D eigenvalue weighted by Gasteiger charge is -2.32. The van der Waals surface area contributed by atoms with E-state index in [9.17, 15) is 9.59 Å². The Morgan fingerprint density at radius 1 is 1.52 bits per heavy atom. The second-order valence-corrected chi connectivity index (χ2v) is 6.24. The number of pyridine rings is 1. The number of carbonyl (C=O) groups excluding carboxylic acids is 1. The number of aliphatic carboxylic acids is 1.